The normalized spacial score (nSPS) is 25.0. The number of hydrogen-bond acceptors (Lipinski definition) is 10. The second-order valence-electron chi connectivity index (χ2n) is 14.1. The number of ketones is 1. The number of likely N-dealkylation sites (tertiary alicyclic amines) is 1. The number of amides is 3. The second kappa shape index (κ2) is 12.7. The van der Waals surface area contributed by atoms with Gasteiger partial charge in [-0.3, -0.25) is 14.4 Å². The van der Waals surface area contributed by atoms with Gasteiger partial charge in [-0.15, -0.1) is 11.8 Å². The molecule has 13 heteroatoms. The Hall–Kier alpha value is -4.59. The highest BCUT2D eigenvalue weighted by molar-refractivity contribution is 8.01. The molecule has 258 valence electrons. The van der Waals surface area contributed by atoms with Crippen LogP contribution >= 0.6 is 11.8 Å². The summed E-state index contributed by atoms with van der Waals surface area (Å²) in [5, 5.41) is 2.32. The maximum absolute atomic E-state index is 14.3. The van der Waals surface area contributed by atoms with Gasteiger partial charge in [0.15, 0.2) is 11.9 Å². The highest BCUT2D eigenvalue weighted by atomic mass is 32.2. The molecule has 49 heavy (non-hydrogen) atoms. The quantitative estimate of drug-likeness (QED) is 0.229. The molecular weight excluding hydrogens is 644 g/mol. The molecule has 3 aromatic rings. The Morgan fingerprint density at radius 2 is 1.73 bits per heavy atom. The number of anilines is 1. The Morgan fingerprint density at radius 3 is 2.39 bits per heavy atom. The number of hydrogen-bond donors (Lipinski definition) is 5. The van der Waals surface area contributed by atoms with Crippen molar-refractivity contribution in [3.05, 3.63) is 82.9 Å². The van der Waals surface area contributed by atoms with Gasteiger partial charge in [-0.05, 0) is 65.9 Å². The highest BCUT2D eigenvalue weighted by Crippen LogP contribution is 2.56. The third kappa shape index (κ3) is 6.11. The topological polar surface area (TPSA) is 206 Å². The predicted octanol–water partition coefficient (Wildman–Crippen LogP) is 3.27. The number of nitrogens with one attached hydrogen (secondary N) is 1. The molecule has 1 fully saturated rings. The lowest BCUT2D eigenvalue weighted by atomic mass is 9.64. The van der Waals surface area contributed by atoms with E-state index in [4.69, 9.17) is 32.4 Å². The lowest BCUT2D eigenvalue weighted by Crippen LogP contribution is -2.60. The van der Waals surface area contributed by atoms with Crippen LogP contribution in [0.3, 0.4) is 0 Å². The molecule has 6 unspecified atom stereocenters. The van der Waals surface area contributed by atoms with Gasteiger partial charge in [0, 0.05) is 41.0 Å². The van der Waals surface area contributed by atoms with Crippen molar-refractivity contribution < 1.29 is 28.7 Å². The van der Waals surface area contributed by atoms with Crippen LogP contribution in [0.5, 0.6) is 11.5 Å². The molecule has 6 atom stereocenters. The molecule has 9 N–H and O–H groups in total. The van der Waals surface area contributed by atoms with Crippen molar-refractivity contribution in [1.82, 2.24) is 10.2 Å². The molecule has 0 aromatic heterocycles. The summed E-state index contributed by atoms with van der Waals surface area (Å²) in [7, 11) is 0. The summed E-state index contributed by atoms with van der Waals surface area (Å²) in [6, 6.07) is 16.8. The smallest absolute Gasteiger partial charge is 0.405 e. The average molecular weight is 687 g/mol. The number of ether oxygens (including phenoxy) is 2. The minimum Gasteiger partial charge on any atom is -0.457 e. The maximum Gasteiger partial charge on any atom is 0.405 e. The zero-order valence-electron chi connectivity index (χ0n) is 27.9. The molecule has 3 aliphatic rings. The monoisotopic (exact) mass is 686 g/mol. The second-order valence-corrected chi connectivity index (χ2v) is 15.2. The van der Waals surface area contributed by atoms with Crippen LogP contribution < -0.4 is 33.0 Å². The number of benzene rings is 3. The van der Waals surface area contributed by atoms with Gasteiger partial charge >= 0.3 is 6.09 Å². The first-order valence-electron chi connectivity index (χ1n) is 16.2. The van der Waals surface area contributed by atoms with E-state index >= 15 is 0 Å². The van der Waals surface area contributed by atoms with Crippen molar-refractivity contribution in [3.63, 3.8) is 0 Å². The molecule has 12 nitrogen and oxygen atoms in total. The van der Waals surface area contributed by atoms with Crippen LogP contribution in [0.2, 0.25) is 0 Å². The number of aryl methyl sites for hydroxylation is 1. The number of primary amides is 1. The number of nitrogens with zero attached hydrogens (tertiary/aromatic N) is 1. The molecule has 2 aliphatic heterocycles. The van der Waals surface area contributed by atoms with E-state index in [2.05, 4.69) is 5.32 Å². The van der Waals surface area contributed by atoms with Crippen LogP contribution in [0.25, 0.3) is 0 Å². The summed E-state index contributed by atoms with van der Waals surface area (Å²) in [6.45, 7) is 7.80. The molecule has 1 saturated heterocycles. The third-order valence-electron chi connectivity index (χ3n) is 9.59. The lowest BCUT2D eigenvalue weighted by molar-refractivity contribution is -0.144. The molecule has 3 amide bonds. The number of carbonyl (C=O) groups is 4. The molecule has 2 heterocycles. The number of rotatable bonds is 7. The van der Waals surface area contributed by atoms with Gasteiger partial charge in [0.05, 0.1) is 11.3 Å². The van der Waals surface area contributed by atoms with E-state index < -0.39 is 46.1 Å². The number of nitrogens with two attached hydrogens (primary N) is 4. The number of nitrogen functional groups attached to an aromatic ring is 1. The van der Waals surface area contributed by atoms with Crippen molar-refractivity contribution >= 4 is 41.1 Å². The van der Waals surface area contributed by atoms with Crippen molar-refractivity contribution in [2.75, 3.05) is 18.8 Å². The Bertz CT molecular complexity index is 1830. The summed E-state index contributed by atoms with van der Waals surface area (Å²) < 4.78 is 11.2. The zero-order valence-corrected chi connectivity index (χ0v) is 28.7. The standard InChI is InChI=1S/C36H42N6O6S/c1-18-16-21(47-20-8-6-5-7-9-20)10-11-22(18)36(40)23-12-13-24(37)28-25(23)26(27(38)30(36)43)29(49-28)32(44)41-19-14-15-42(17-19)33(45)31(35(2,3)4)48-34(39)46/h5-13,16,19,26-27,29,31H,14-15,17,37-38,40H2,1-4H3,(H2,39,46)(H,41,44). The van der Waals surface area contributed by atoms with Crippen LogP contribution in [-0.2, 0) is 24.7 Å². The van der Waals surface area contributed by atoms with E-state index in [1.165, 1.54) is 11.8 Å². The zero-order chi connectivity index (χ0) is 35.4. The van der Waals surface area contributed by atoms with Crippen molar-refractivity contribution in [1.29, 1.82) is 0 Å². The minimum absolute atomic E-state index is 0.224. The van der Waals surface area contributed by atoms with E-state index in [0.717, 1.165) is 5.56 Å². The summed E-state index contributed by atoms with van der Waals surface area (Å²) in [4.78, 5) is 55.4. The Morgan fingerprint density at radius 1 is 1.04 bits per heavy atom. The van der Waals surface area contributed by atoms with Crippen LogP contribution in [0, 0.1) is 12.3 Å². The Kier molecular flexibility index (Phi) is 8.88. The Labute approximate surface area is 289 Å². The van der Waals surface area contributed by atoms with E-state index in [0.29, 0.717) is 51.7 Å². The van der Waals surface area contributed by atoms with Crippen molar-refractivity contribution in [2.45, 2.75) is 73.9 Å². The fraction of sp³-hybridized carbons (Fsp3) is 0.389. The highest BCUT2D eigenvalue weighted by Gasteiger charge is 2.57. The largest absolute Gasteiger partial charge is 0.457 e. The van der Waals surface area contributed by atoms with E-state index in [1.54, 1.807) is 49.9 Å². The minimum atomic E-state index is -1.59. The lowest BCUT2D eigenvalue weighted by Gasteiger charge is -2.42. The van der Waals surface area contributed by atoms with E-state index in [1.807, 2.05) is 43.3 Å². The van der Waals surface area contributed by atoms with Crippen molar-refractivity contribution in [3.8, 4) is 11.5 Å². The van der Waals surface area contributed by atoms with Crippen LogP contribution in [0.15, 0.2) is 65.6 Å². The van der Waals surface area contributed by atoms with Crippen LogP contribution in [0.1, 0.15) is 55.4 Å². The summed E-state index contributed by atoms with van der Waals surface area (Å²) >= 11 is 1.28. The SMILES string of the molecule is Cc1cc(Oc2ccccc2)ccc1C1(N)C(=O)C(N)C2c3c1ccc(N)c3SC2C(=O)NC1CCN(C(=O)C(OC(N)=O)C(C)(C)C)C1. The van der Waals surface area contributed by atoms with Gasteiger partial charge in [-0.25, -0.2) is 4.79 Å². The van der Waals surface area contributed by atoms with Crippen molar-refractivity contribution in [2.24, 2.45) is 22.6 Å². The van der Waals surface area contributed by atoms with Crippen LogP contribution in [-0.4, -0.2) is 65.1 Å². The summed E-state index contributed by atoms with van der Waals surface area (Å²) in [6.07, 6.45) is -1.61. The van der Waals surface area contributed by atoms with Crippen LogP contribution in [0.4, 0.5) is 10.5 Å². The fourth-order valence-electron chi connectivity index (χ4n) is 7.20. The first-order chi connectivity index (χ1) is 23.1. The summed E-state index contributed by atoms with van der Waals surface area (Å²) in [5.74, 6) is -0.493. The molecule has 0 radical (unpaired) electrons. The number of para-hydroxylation sites is 1. The van der Waals surface area contributed by atoms with E-state index in [-0.39, 0.29) is 24.4 Å². The van der Waals surface area contributed by atoms with Gasteiger partial charge in [0.2, 0.25) is 5.91 Å². The number of thioether (sulfide) groups is 1. The first-order valence-corrected chi connectivity index (χ1v) is 17.1. The molecule has 3 aromatic carbocycles. The number of carbonyl (C=O) groups excluding carboxylic acids is 4. The Balaban J connectivity index is 1.24. The van der Waals surface area contributed by atoms with Gasteiger partial charge in [0.1, 0.15) is 17.0 Å². The summed E-state index contributed by atoms with van der Waals surface area (Å²) in [5.41, 5.74) is 26.4. The molecular formula is C36H42N6O6S. The molecule has 0 spiro atoms. The van der Waals surface area contributed by atoms with Gasteiger partial charge < -0.3 is 42.6 Å². The molecule has 1 aliphatic carbocycles. The average Bonchev–Trinajstić information content (AvgIpc) is 3.68. The maximum atomic E-state index is 14.3. The van der Waals surface area contributed by atoms with E-state index in [9.17, 15) is 19.2 Å². The predicted molar refractivity (Wildman–Crippen MR) is 186 cm³/mol. The first kappa shape index (κ1) is 34.3. The number of Topliss-reactive ketones (excluding diaryl/α,β-unsaturated/α-hetero) is 1. The van der Waals surface area contributed by atoms with Gasteiger partial charge in [0.25, 0.3) is 5.91 Å². The third-order valence-corrected chi connectivity index (χ3v) is 11.0. The molecule has 0 saturated carbocycles. The molecule has 0 bridgehead atoms. The fourth-order valence-corrected chi connectivity index (χ4v) is 8.66. The van der Waals surface area contributed by atoms with Gasteiger partial charge in [-0.2, -0.15) is 0 Å². The molecule has 6 rings (SSSR count). The van der Waals surface area contributed by atoms with Gasteiger partial charge in [-0.1, -0.05) is 51.1 Å².